The predicted molar refractivity (Wildman–Crippen MR) is 60.7 cm³/mol. The molecule has 0 aromatic rings. The van der Waals surface area contributed by atoms with Gasteiger partial charge in [0.15, 0.2) is 0 Å². The Labute approximate surface area is 92.8 Å². The molecule has 1 saturated heterocycles. The molecule has 15 heavy (non-hydrogen) atoms. The van der Waals surface area contributed by atoms with Crippen LogP contribution in [-0.2, 0) is 9.53 Å². The first-order valence-electron chi connectivity index (χ1n) is 6.13. The van der Waals surface area contributed by atoms with Crippen LogP contribution in [0, 0.1) is 5.92 Å². The zero-order valence-electron chi connectivity index (χ0n) is 10.00. The fraction of sp³-hybridized carbons (Fsp3) is 0.917. The normalized spacial score (nSPS) is 20.9. The topological polar surface area (TPSA) is 29.5 Å². The Morgan fingerprint density at radius 2 is 2.20 bits per heavy atom. The molecular formula is C12H23NO2. The Bertz CT molecular complexity index is 194. The van der Waals surface area contributed by atoms with Crippen LogP contribution >= 0.6 is 0 Å². The van der Waals surface area contributed by atoms with E-state index >= 15 is 0 Å². The van der Waals surface area contributed by atoms with Gasteiger partial charge in [0.2, 0.25) is 5.91 Å². The summed E-state index contributed by atoms with van der Waals surface area (Å²) >= 11 is 0. The zero-order chi connectivity index (χ0) is 11.1. The third kappa shape index (κ3) is 4.20. The SMILES string of the molecule is CCCOCC(=O)N1CCC(CCC)C1. The lowest BCUT2D eigenvalue weighted by molar-refractivity contribution is -0.135. The van der Waals surface area contributed by atoms with E-state index in [1.807, 2.05) is 4.90 Å². The Morgan fingerprint density at radius 1 is 1.40 bits per heavy atom. The first kappa shape index (κ1) is 12.5. The van der Waals surface area contributed by atoms with Crippen LogP contribution in [0.3, 0.4) is 0 Å². The zero-order valence-corrected chi connectivity index (χ0v) is 10.00. The minimum atomic E-state index is 0.169. The highest BCUT2D eigenvalue weighted by Crippen LogP contribution is 2.20. The lowest BCUT2D eigenvalue weighted by atomic mass is 10.0. The van der Waals surface area contributed by atoms with Crippen LogP contribution in [0.15, 0.2) is 0 Å². The summed E-state index contributed by atoms with van der Waals surface area (Å²) in [6.07, 6.45) is 4.62. The third-order valence-corrected chi connectivity index (χ3v) is 2.91. The number of carbonyl (C=O) groups is 1. The number of nitrogens with zero attached hydrogens (tertiary/aromatic N) is 1. The van der Waals surface area contributed by atoms with Gasteiger partial charge in [-0.25, -0.2) is 0 Å². The molecule has 0 aromatic carbocycles. The highest BCUT2D eigenvalue weighted by atomic mass is 16.5. The van der Waals surface area contributed by atoms with Crippen molar-refractivity contribution in [1.29, 1.82) is 0 Å². The van der Waals surface area contributed by atoms with Gasteiger partial charge in [0, 0.05) is 19.7 Å². The molecular weight excluding hydrogens is 190 g/mol. The molecule has 0 bridgehead atoms. The third-order valence-electron chi connectivity index (χ3n) is 2.91. The van der Waals surface area contributed by atoms with E-state index in [4.69, 9.17) is 4.74 Å². The number of ether oxygens (including phenoxy) is 1. The van der Waals surface area contributed by atoms with E-state index in [0.717, 1.165) is 25.4 Å². The number of likely N-dealkylation sites (tertiary alicyclic amines) is 1. The van der Waals surface area contributed by atoms with E-state index in [0.29, 0.717) is 6.61 Å². The van der Waals surface area contributed by atoms with Crippen molar-refractivity contribution in [1.82, 2.24) is 4.90 Å². The predicted octanol–water partition coefficient (Wildman–Crippen LogP) is 2.06. The molecule has 1 aliphatic heterocycles. The second kappa shape index (κ2) is 6.83. The number of hydrogen-bond acceptors (Lipinski definition) is 2. The summed E-state index contributed by atoms with van der Waals surface area (Å²) in [4.78, 5) is 13.6. The van der Waals surface area contributed by atoms with Gasteiger partial charge >= 0.3 is 0 Å². The van der Waals surface area contributed by atoms with E-state index in [-0.39, 0.29) is 12.5 Å². The molecule has 0 aliphatic carbocycles. The second-order valence-corrected chi connectivity index (χ2v) is 4.34. The molecule has 0 radical (unpaired) electrons. The lowest BCUT2D eigenvalue weighted by Gasteiger charge is -2.16. The van der Waals surface area contributed by atoms with Gasteiger partial charge in [0.05, 0.1) is 0 Å². The van der Waals surface area contributed by atoms with Crippen LogP contribution in [0.2, 0.25) is 0 Å². The van der Waals surface area contributed by atoms with E-state index in [9.17, 15) is 4.79 Å². The Morgan fingerprint density at radius 3 is 2.87 bits per heavy atom. The number of rotatable bonds is 6. The van der Waals surface area contributed by atoms with Crippen molar-refractivity contribution in [2.45, 2.75) is 39.5 Å². The second-order valence-electron chi connectivity index (χ2n) is 4.34. The van der Waals surface area contributed by atoms with E-state index < -0.39 is 0 Å². The van der Waals surface area contributed by atoms with Gasteiger partial charge in [-0.3, -0.25) is 4.79 Å². The monoisotopic (exact) mass is 213 g/mol. The quantitative estimate of drug-likeness (QED) is 0.632. The molecule has 1 unspecified atom stereocenters. The van der Waals surface area contributed by atoms with Crippen molar-refractivity contribution in [2.24, 2.45) is 5.92 Å². The molecule has 3 heteroatoms. The molecule has 1 amide bonds. The summed E-state index contributed by atoms with van der Waals surface area (Å²) in [7, 11) is 0. The standard InChI is InChI=1S/C12H23NO2/c1-3-5-11-6-7-13(9-11)12(14)10-15-8-4-2/h11H,3-10H2,1-2H3. The van der Waals surface area contributed by atoms with Crippen LogP contribution in [0.1, 0.15) is 39.5 Å². The summed E-state index contributed by atoms with van der Waals surface area (Å²) in [5.41, 5.74) is 0. The van der Waals surface area contributed by atoms with Gasteiger partial charge in [0.1, 0.15) is 6.61 Å². The average Bonchev–Trinajstić information content (AvgIpc) is 2.67. The molecule has 0 N–H and O–H groups in total. The minimum absolute atomic E-state index is 0.169. The Kier molecular flexibility index (Phi) is 5.69. The smallest absolute Gasteiger partial charge is 0.248 e. The highest BCUT2D eigenvalue weighted by molar-refractivity contribution is 5.77. The van der Waals surface area contributed by atoms with Crippen molar-refractivity contribution in [2.75, 3.05) is 26.3 Å². The van der Waals surface area contributed by atoms with Crippen molar-refractivity contribution >= 4 is 5.91 Å². The number of carbonyl (C=O) groups excluding carboxylic acids is 1. The van der Waals surface area contributed by atoms with E-state index in [2.05, 4.69) is 13.8 Å². The summed E-state index contributed by atoms with van der Waals surface area (Å²) in [5, 5.41) is 0. The fourth-order valence-electron chi connectivity index (χ4n) is 2.10. The van der Waals surface area contributed by atoms with Crippen LogP contribution in [0.4, 0.5) is 0 Å². The van der Waals surface area contributed by atoms with Gasteiger partial charge < -0.3 is 9.64 Å². The van der Waals surface area contributed by atoms with Crippen molar-refractivity contribution in [3.63, 3.8) is 0 Å². The largest absolute Gasteiger partial charge is 0.372 e. The summed E-state index contributed by atoms with van der Waals surface area (Å²) < 4.78 is 5.26. The first-order valence-corrected chi connectivity index (χ1v) is 6.13. The average molecular weight is 213 g/mol. The van der Waals surface area contributed by atoms with Crippen LogP contribution < -0.4 is 0 Å². The molecule has 1 rings (SSSR count). The molecule has 1 heterocycles. The molecule has 1 aliphatic rings. The maximum Gasteiger partial charge on any atom is 0.248 e. The summed E-state index contributed by atoms with van der Waals surface area (Å²) in [5.74, 6) is 0.896. The molecule has 1 atom stereocenters. The Balaban J connectivity index is 2.18. The van der Waals surface area contributed by atoms with Crippen LogP contribution in [0.25, 0.3) is 0 Å². The number of amides is 1. The number of hydrogen-bond donors (Lipinski definition) is 0. The maximum absolute atomic E-state index is 11.7. The first-order chi connectivity index (χ1) is 7.27. The maximum atomic E-state index is 11.7. The van der Waals surface area contributed by atoms with Crippen LogP contribution in [0.5, 0.6) is 0 Å². The van der Waals surface area contributed by atoms with Gasteiger partial charge in [-0.2, -0.15) is 0 Å². The van der Waals surface area contributed by atoms with Crippen molar-refractivity contribution in [3.05, 3.63) is 0 Å². The van der Waals surface area contributed by atoms with Gasteiger partial charge in [0.25, 0.3) is 0 Å². The lowest BCUT2D eigenvalue weighted by Crippen LogP contribution is -2.32. The molecule has 3 nitrogen and oxygen atoms in total. The van der Waals surface area contributed by atoms with Crippen molar-refractivity contribution < 1.29 is 9.53 Å². The summed E-state index contributed by atoms with van der Waals surface area (Å²) in [6.45, 7) is 7.10. The van der Waals surface area contributed by atoms with Gasteiger partial charge in [-0.05, 0) is 25.2 Å². The minimum Gasteiger partial charge on any atom is -0.372 e. The molecule has 0 spiro atoms. The molecule has 0 aromatic heterocycles. The van der Waals surface area contributed by atoms with E-state index in [1.165, 1.54) is 19.3 Å². The van der Waals surface area contributed by atoms with Crippen LogP contribution in [-0.4, -0.2) is 37.1 Å². The highest BCUT2D eigenvalue weighted by Gasteiger charge is 2.25. The Hall–Kier alpha value is -0.570. The van der Waals surface area contributed by atoms with E-state index in [1.54, 1.807) is 0 Å². The fourth-order valence-corrected chi connectivity index (χ4v) is 2.10. The van der Waals surface area contributed by atoms with Gasteiger partial charge in [-0.15, -0.1) is 0 Å². The summed E-state index contributed by atoms with van der Waals surface area (Å²) in [6, 6.07) is 0. The van der Waals surface area contributed by atoms with Crippen molar-refractivity contribution in [3.8, 4) is 0 Å². The molecule has 88 valence electrons. The molecule has 0 saturated carbocycles. The molecule has 1 fully saturated rings. The van der Waals surface area contributed by atoms with Gasteiger partial charge in [-0.1, -0.05) is 20.3 Å².